The summed E-state index contributed by atoms with van der Waals surface area (Å²) < 4.78 is 44.6. The minimum atomic E-state index is -4.75. The number of pyridine rings is 1. The van der Waals surface area contributed by atoms with Crippen molar-refractivity contribution in [3.8, 4) is 22.5 Å². The van der Waals surface area contributed by atoms with Gasteiger partial charge in [0.1, 0.15) is 17.8 Å². The molecule has 44 heavy (non-hydrogen) atoms. The SMILES string of the molecule is CC(C)n1cc(-c2ccc(Cl)c(CC(NC(=O)C3(C(F)(F)F)CC3)C(=O)Nc3ccc(-c4nncn4C)cc3)c2)ccc1=O. The van der Waals surface area contributed by atoms with Gasteiger partial charge in [-0.3, -0.25) is 14.4 Å². The summed E-state index contributed by atoms with van der Waals surface area (Å²) in [7, 11) is 1.78. The van der Waals surface area contributed by atoms with Gasteiger partial charge in [-0.05, 0) is 85.8 Å². The fraction of sp³-hybridized carbons (Fsp3) is 0.323. The Morgan fingerprint density at radius 3 is 2.27 bits per heavy atom. The molecule has 9 nitrogen and oxygen atoms in total. The molecule has 0 spiro atoms. The fourth-order valence-corrected chi connectivity index (χ4v) is 5.15. The first kappa shape index (κ1) is 31.0. The summed E-state index contributed by atoms with van der Waals surface area (Å²) in [5, 5.41) is 13.2. The van der Waals surface area contributed by atoms with Crippen molar-refractivity contribution in [2.24, 2.45) is 12.5 Å². The number of amides is 2. The van der Waals surface area contributed by atoms with Gasteiger partial charge >= 0.3 is 6.18 Å². The Morgan fingerprint density at radius 2 is 1.68 bits per heavy atom. The molecule has 5 rings (SSSR count). The van der Waals surface area contributed by atoms with Gasteiger partial charge in [0, 0.05) is 48.0 Å². The first-order chi connectivity index (χ1) is 20.8. The standard InChI is InChI=1S/C31H30ClF3N6O3/c1-18(2)41-16-21(7-11-26(41)42)20-6-10-24(32)22(14-20)15-25(38-29(44)30(12-13-30)31(33,34)35)28(43)37-23-8-4-19(5-9-23)27-39-36-17-40(27)3/h4-11,14,16-18,25H,12-13,15H2,1-3H3,(H,37,43)(H,38,44). The molecular formula is C31H30ClF3N6O3. The van der Waals surface area contributed by atoms with E-state index in [0.717, 1.165) is 5.56 Å². The van der Waals surface area contributed by atoms with E-state index in [1.807, 2.05) is 13.8 Å². The van der Waals surface area contributed by atoms with Crippen LogP contribution in [0.25, 0.3) is 22.5 Å². The topological polar surface area (TPSA) is 111 Å². The van der Waals surface area contributed by atoms with Gasteiger partial charge in [-0.15, -0.1) is 10.2 Å². The summed E-state index contributed by atoms with van der Waals surface area (Å²) in [5.41, 5.74) is 0.242. The molecule has 230 valence electrons. The summed E-state index contributed by atoms with van der Waals surface area (Å²) >= 11 is 6.50. The van der Waals surface area contributed by atoms with E-state index in [0.29, 0.717) is 28.2 Å². The zero-order valence-electron chi connectivity index (χ0n) is 24.2. The van der Waals surface area contributed by atoms with Crippen LogP contribution in [0.1, 0.15) is 38.3 Å². The molecule has 1 aliphatic carbocycles. The molecule has 1 saturated carbocycles. The second kappa shape index (κ2) is 11.9. The minimum absolute atomic E-state index is 0.0876. The van der Waals surface area contributed by atoms with Gasteiger partial charge in [0.2, 0.25) is 11.8 Å². The molecule has 4 aromatic rings. The van der Waals surface area contributed by atoms with Crippen molar-refractivity contribution < 1.29 is 22.8 Å². The average Bonchev–Trinajstić information content (AvgIpc) is 3.70. The van der Waals surface area contributed by atoms with E-state index >= 15 is 0 Å². The molecule has 1 atom stereocenters. The zero-order valence-corrected chi connectivity index (χ0v) is 24.9. The number of nitrogens with one attached hydrogen (secondary N) is 2. The molecule has 0 saturated heterocycles. The third-order valence-corrected chi connectivity index (χ3v) is 8.14. The highest BCUT2D eigenvalue weighted by atomic mass is 35.5. The summed E-state index contributed by atoms with van der Waals surface area (Å²) in [6.07, 6.45) is -2.36. The number of alkyl halides is 3. The number of hydrogen-bond acceptors (Lipinski definition) is 5. The van der Waals surface area contributed by atoms with Crippen LogP contribution in [-0.4, -0.2) is 43.4 Å². The minimum Gasteiger partial charge on any atom is -0.343 e. The van der Waals surface area contributed by atoms with Crippen LogP contribution in [0.4, 0.5) is 18.9 Å². The first-order valence-corrected chi connectivity index (χ1v) is 14.3. The Balaban J connectivity index is 1.43. The lowest BCUT2D eigenvalue weighted by Crippen LogP contribution is -2.50. The van der Waals surface area contributed by atoms with Crippen LogP contribution >= 0.6 is 11.6 Å². The Kier molecular flexibility index (Phi) is 8.39. The Bertz CT molecular complexity index is 1760. The third-order valence-electron chi connectivity index (χ3n) is 7.77. The third kappa shape index (κ3) is 6.26. The highest BCUT2D eigenvalue weighted by molar-refractivity contribution is 6.31. The van der Waals surface area contributed by atoms with Gasteiger partial charge in [0.05, 0.1) is 0 Å². The maximum Gasteiger partial charge on any atom is 0.403 e. The number of halogens is 4. The molecule has 2 heterocycles. The monoisotopic (exact) mass is 626 g/mol. The van der Waals surface area contributed by atoms with E-state index in [1.165, 1.54) is 6.07 Å². The second-order valence-electron chi connectivity index (χ2n) is 11.2. The summed E-state index contributed by atoms with van der Waals surface area (Å²) in [5.74, 6) is -1.36. The van der Waals surface area contributed by atoms with Gasteiger partial charge in [-0.1, -0.05) is 17.7 Å². The molecule has 0 radical (unpaired) electrons. The maximum absolute atomic E-state index is 13.8. The number of carbonyl (C=O) groups excluding carboxylic acids is 2. The van der Waals surface area contributed by atoms with Crippen molar-refractivity contribution in [2.75, 3.05) is 5.32 Å². The molecular weight excluding hydrogens is 597 g/mol. The van der Waals surface area contributed by atoms with E-state index in [1.54, 1.807) is 77.2 Å². The molecule has 0 bridgehead atoms. The normalized spacial score (nSPS) is 14.7. The molecule has 2 aromatic heterocycles. The largest absolute Gasteiger partial charge is 0.403 e. The summed E-state index contributed by atoms with van der Waals surface area (Å²) in [6.45, 7) is 3.75. The van der Waals surface area contributed by atoms with E-state index < -0.39 is 29.4 Å². The number of rotatable bonds is 9. The molecule has 2 N–H and O–H groups in total. The van der Waals surface area contributed by atoms with Crippen LogP contribution in [-0.2, 0) is 23.1 Å². The number of benzene rings is 2. The van der Waals surface area contributed by atoms with Crippen LogP contribution in [0.3, 0.4) is 0 Å². The molecule has 1 unspecified atom stereocenters. The number of aryl methyl sites for hydroxylation is 1. The quantitative estimate of drug-likeness (QED) is 0.253. The van der Waals surface area contributed by atoms with Crippen molar-refractivity contribution in [3.05, 3.63) is 88.1 Å². The zero-order chi connectivity index (χ0) is 31.8. The Morgan fingerprint density at radius 1 is 1.02 bits per heavy atom. The van der Waals surface area contributed by atoms with E-state index in [2.05, 4.69) is 20.8 Å². The Labute approximate surface area is 256 Å². The highest BCUT2D eigenvalue weighted by Crippen LogP contribution is 2.57. The molecule has 1 aliphatic rings. The van der Waals surface area contributed by atoms with Crippen molar-refractivity contribution in [1.29, 1.82) is 0 Å². The van der Waals surface area contributed by atoms with Gasteiger partial charge in [0.15, 0.2) is 5.82 Å². The number of carbonyl (C=O) groups is 2. The van der Waals surface area contributed by atoms with Gasteiger partial charge in [0.25, 0.3) is 5.56 Å². The smallest absolute Gasteiger partial charge is 0.343 e. The highest BCUT2D eigenvalue weighted by Gasteiger charge is 2.68. The number of anilines is 1. The Hall–Kier alpha value is -4.45. The molecule has 2 amide bonds. The lowest BCUT2D eigenvalue weighted by Gasteiger charge is -2.24. The van der Waals surface area contributed by atoms with Crippen molar-refractivity contribution >= 4 is 29.1 Å². The fourth-order valence-electron chi connectivity index (χ4n) is 4.96. The van der Waals surface area contributed by atoms with Gasteiger partial charge in [-0.25, -0.2) is 0 Å². The second-order valence-corrected chi connectivity index (χ2v) is 11.6. The van der Waals surface area contributed by atoms with Crippen molar-refractivity contribution in [1.82, 2.24) is 24.6 Å². The van der Waals surface area contributed by atoms with E-state index in [4.69, 9.17) is 11.6 Å². The summed E-state index contributed by atoms with van der Waals surface area (Å²) in [6, 6.07) is 13.4. The lowest BCUT2D eigenvalue weighted by atomic mass is 9.98. The van der Waals surface area contributed by atoms with Crippen molar-refractivity contribution in [2.45, 2.75) is 51.4 Å². The van der Waals surface area contributed by atoms with Crippen LogP contribution < -0.4 is 16.2 Å². The molecule has 0 aliphatic heterocycles. The van der Waals surface area contributed by atoms with Crippen LogP contribution in [0.15, 0.2) is 71.9 Å². The average molecular weight is 627 g/mol. The van der Waals surface area contributed by atoms with E-state index in [-0.39, 0.29) is 35.9 Å². The predicted molar refractivity (Wildman–Crippen MR) is 160 cm³/mol. The lowest BCUT2D eigenvalue weighted by molar-refractivity contribution is -0.192. The predicted octanol–water partition coefficient (Wildman–Crippen LogP) is 5.55. The van der Waals surface area contributed by atoms with Crippen LogP contribution in [0, 0.1) is 5.41 Å². The number of nitrogens with zero attached hydrogens (tertiary/aromatic N) is 4. The van der Waals surface area contributed by atoms with Crippen LogP contribution in [0.2, 0.25) is 5.02 Å². The summed E-state index contributed by atoms with van der Waals surface area (Å²) in [4.78, 5) is 38.7. The van der Waals surface area contributed by atoms with Gasteiger partial charge in [-0.2, -0.15) is 13.2 Å². The number of hydrogen-bond donors (Lipinski definition) is 2. The molecule has 1 fully saturated rings. The number of aromatic nitrogens is 4. The first-order valence-electron chi connectivity index (χ1n) is 13.9. The van der Waals surface area contributed by atoms with Gasteiger partial charge < -0.3 is 19.8 Å². The van der Waals surface area contributed by atoms with E-state index in [9.17, 15) is 27.6 Å². The molecule has 13 heteroatoms. The van der Waals surface area contributed by atoms with Crippen molar-refractivity contribution in [3.63, 3.8) is 0 Å². The van der Waals surface area contributed by atoms with Crippen LogP contribution in [0.5, 0.6) is 0 Å². The maximum atomic E-state index is 13.8. The molecule has 2 aromatic carbocycles.